The van der Waals surface area contributed by atoms with Crippen molar-refractivity contribution in [1.29, 1.82) is 0 Å². The molecule has 192 valence electrons. The van der Waals surface area contributed by atoms with Crippen LogP contribution < -0.4 is 4.90 Å². The minimum atomic E-state index is 0.109. The van der Waals surface area contributed by atoms with Gasteiger partial charge in [0.25, 0.3) is 0 Å². The molecule has 9 nitrogen and oxygen atoms in total. The molecule has 0 saturated carbocycles. The predicted octanol–water partition coefficient (Wildman–Crippen LogP) is 3.10. The van der Waals surface area contributed by atoms with Gasteiger partial charge in [0.1, 0.15) is 0 Å². The van der Waals surface area contributed by atoms with E-state index in [1.807, 2.05) is 22.8 Å². The fourth-order valence-corrected chi connectivity index (χ4v) is 6.21. The number of amides is 1. The van der Waals surface area contributed by atoms with Crippen molar-refractivity contribution in [3.63, 3.8) is 0 Å². The number of rotatable bonds is 5. The molecule has 6 rings (SSSR count). The summed E-state index contributed by atoms with van der Waals surface area (Å²) in [6.07, 6.45) is 12.5. The molecule has 0 aromatic carbocycles. The summed E-state index contributed by atoms with van der Waals surface area (Å²) in [4.78, 5) is 16.6. The van der Waals surface area contributed by atoms with E-state index in [0.29, 0.717) is 25.7 Å². The number of anilines is 1. The van der Waals surface area contributed by atoms with Gasteiger partial charge in [0, 0.05) is 69.2 Å². The van der Waals surface area contributed by atoms with Crippen molar-refractivity contribution in [3.05, 3.63) is 52.6 Å². The number of ether oxygens (including phenoxy) is 2. The van der Waals surface area contributed by atoms with E-state index in [-0.39, 0.29) is 18.1 Å². The zero-order valence-electron chi connectivity index (χ0n) is 21.5. The standard InChI is InChI=1S/C27H36N6O3/c1-4-36-23-12-20-11-19(21-13-28-30(3)14-21)5-6-25(20)32(15-23)27-24-16-31(18(2)34)9-7-26(24)33(29-27)22-8-10-35-17-22/h5-6,13-14,19,22-23H,4,7-12,15-17H2,1-3H3/t19?,22-,23?/m0/s1. The molecule has 1 aliphatic carbocycles. The smallest absolute Gasteiger partial charge is 0.219 e. The van der Waals surface area contributed by atoms with Gasteiger partial charge in [-0.15, -0.1) is 0 Å². The number of aromatic nitrogens is 4. The molecular formula is C27H36N6O3. The van der Waals surface area contributed by atoms with Crippen molar-refractivity contribution in [1.82, 2.24) is 24.5 Å². The fourth-order valence-electron chi connectivity index (χ4n) is 6.21. The lowest BCUT2D eigenvalue weighted by molar-refractivity contribution is -0.129. The lowest BCUT2D eigenvalue weighted by Crippen LogP contribution is -2.41. The van der Waals surface area contributed by atoms with E-state index in [9.17, 15) is 4.79 Å². The summed E-state index contributed by atoms with van der Waals surface area (Å²) < 4.78 is 16.0. The van der Waals surface area contributed by atoms with Crippen LogP contribution in [0.15, 0.2) is 35.8 Å². The molecule has 1 saturated heterocycles. The van der Waals surface area contributed by atoms with Crippen molar-refractivity contribution in [3.8, 4) is 0 Å². The summed E-state index contributed by atoms with van der Waals surface area (Å²) >= 11 is 0. The van der Waals surface area contributed by atoms with E-state index in [0.717, 1.165) is 51.2 Å². The molecule has 0 bridgehead atoms. The van der Waals surface area contributed by atoms with E-state index in [1.54, 1.807) is 6.92 Å². The zero-order chi connectivity index (χ0) is 24.8. The number of aryl methyl sites for hydroxylation is 1. The van der Waals surface area contributed by atoms with E-state index >= 15 is 0 Å². The molecule has 5 heterocycles. The van der Waals surface area contributed by atoms with E-state index < -0.39 is 0 Å². The molecule has 3 aliphatic heterocycles. The molecule has 36 heavy (non-hydrogen) atoms. The number of carbonyl (C=O) groups is 1. The monoisotopic (exact) mass is 492 g/mol. The molecular weight excluding hydrogens is 456 g/mol. The lowest BCUT2D eigenvalue weighted by atomic mass is 9.83. The van der Waals surface area contributed by atoms with Crippen LogP contribution in [0.2, 0.25) is 0 Å². The van der Waals surface area contributed by atoms with Crippen LogP contribution in [0.5, 0.6) is 0 Å². The van der Waals surface area contributed by atoms with E-state index in [4.69, 9.17) is 14.6 Å². The van der Waals surface area contributed by atoms with Gasteiger partial charge < -0.3 is 19.3 Å². The molecule has 4 aliphatic rings. The number of nitrogens with zero attached hydrogens (tertiary/aromatic N) is 6. The largest absolute Gasteiger partial charge is 0.379 e. The third-order valence-corrected chi connectivity index (χ3v) is 8.04. The molecule has 2 aromatic heterocycles. The molecule has 2 unspecified atom stereocenters. The maximum atomic E-state index is 12.3. The quantitative estimate of drug-likeness (QED) is 0.638. The maximum absolute atomic E-state index is 12.3. The van der Waals surface area contributed by atoms with Crippen molar-refractivity contribution in [2.24, 2.45) is 7.05 Å². The van der Waals surface area contributed by atoms with Crippen LogP contribution in [0.1, 0.15) is 61.9 Å². The van der Waals surface area contributed by atoms with Crippen LogP contribution in [0.4, 0.5) is 5.82 Å². The van der Waals surface area contributed by atoms with E-state index in [2.05, 4.69) is 40.0 Å². The first-order valence-electron chi connectivity index (χ1n) is 13.2. The van der Waals surface area contributed by atoms with Crippen molar-refractivity contribution >= 4 is 11.7 Å². The highest BCUT2D eigenvalue weighted by Gasteiger charge is 2.37. The van der Waals surface area contributed by atoms with Crippen LogP contribution in [0.3, 0.4) is 0 Å². The Bertz CT molecular complexity index is 1200. The molecule has 0 N–H and O–H groups in total. The number of hydrogen-bond donors (Lipinski definition) is 0. The van der Waals surface area contributed by atoms with Crippen molar-refractivity contribution in [2.75, 3.05) is 37.8 Å². The number of hydrogen-bond acceptors (Lipinski definition) is 6. The highest BCUT2D eigenvalue weighted by atomic mass is 16.5. The third-order valence-electron chi connectivity index (χ3n) is 8.04. The molecule has 9 heteroatoms. The van der Waals surface area contributed by atoms with Crippen molar-refractivity contribution < 1.29 is 14.3 Å². The Kier molecular flexibility index (Phi) is 6.21. The minimum absolute atomic E-state index is 0.109. The minimum Gasteiger partial charge on any atom is -0.379 e. The van der Waals surface area contributed by atoms with Gasteiger partial charge in [-0.25, -0.2) is 0 Å². The fraction of sp³-hybridized carbons (Fsp3) is 0.593. The summed E-state index contributed by atoms with van der Waals surface area (Å²) in [6.45, 7) is 8.00. The molecule has 2 aromatic rings. The Morgan fingerprint density at radius 1 is 1.31 bits per heavy atom. The number of fused-ring (bicyclic) bond motifs is 1. The van der Waals surface area contributed by atoms with E-state index in [1.165, 1.54) is 28.1 Å². The summed E-state index contributed by atoms with van der Waals surface area (Å²) in [5.74, 6) is 1.41. The Balaban J connectivity index is 1.40. The van der Waals surface area contributed by atoms with Gasteiger partial charge in [-0.1, -0.05) is 6.08 Å². The molecule has 3 atom stereocenters. The van der Waals surface area contributed by atoms with Gasteiger partial charge in [0.15, 0.2) is 5.82 Å². The van der Waals surface area contributed by atoms with Gasteiger partial charge in [0.2, 0.25) is 5.91 Å². The van der Waals surface area contributed by atoms with Crippen LogP contribution in [0.25, 0.3) is 0 Å². The Morgan fingerprint density at radius 3 is 2.92 bits per heavy atom. The second kappa shape index (κ2) is 9.52. The third kappa shape index (κ3) is 4.18. The Morgan fingerprint density at radius 2 is 2.19 bits per heavy atom. The average Bonchev–Trinajstić information content (AvgIpc) is 3.63. The highest BCUT2D eigenvalue weighted by molar-refractivity contribution is 5.74. The molecule has 0 spiro atoms. The Labute approximate surface area is 212 Å². The summed E-state index contributed by atoms with van der Waals surface area (Å²) in [6, 6.07) is 0.258. The second-order valence-corrected chi connectivity index (χ2v) is 10.4. The predicted molar refractivity (Wildman–Crippen MR) is 136 cm³/mol. The van der Waals surface area contributed by atoms with Gasteiger partial charge >= 0.3 is 0 Å². The SMILES string of the molecule is CCOC1CC2=C(C=CC(c3cnn(C)c3)C2)N(c2nn([C@H]3CCOC3)c3c2CN(C(C)=O)CC3)C1. The molecule has 1 amide bonds. The first-order valence-corrected chi connectivity index (χ1v) is 13.2. The lowest BCUT2D eigenvalue weighted by Gasteiger charge is -2.39. The van der Waals surface area contributed by atoms with Gasteiger partial charge in [-0.3, -0.25) is 14.2 Å². The zero-order valence-corrected chi connectivity index (χ0v) is 21.5. The van der Waals surface area contributed by atoms with Crippen LogP contribution in [-0.4, -0.2) is 69.4 Å². The van der Waals surface area contributed by atoms with Crippen LogP contribution in [-0.2, 0) is 34.3 Å². The molecule has 1 fully saturated rings. The average molecular weight is 493 g/mol. The van der Waals surface area contributed by atoms with Gasteiger partial charge in [-0.2, -0.15) is 10.2 Å². The van der Waals surface area contributed by atoms with Crippen LogP contribution >= 0.6 is 0 Å². The van der Waals surface area contributed by atoms with Gasteiger partial charge in [-0.05, 0) is 43.4 Å². The number of allylic oxidation sites excluding steroid dienone is 2. The maximum Gasteiger partial charge on any atom is 0.219 e. The first-order chi connectivity index (χ1) is 17.5. The summed E-state index contributed by atoms with van der Waals surface area (Å²) in [5.41, 5.74) is 6.32. The first kappa shape index (κ1) is 23.5. The van der Waals surface area contributed by atoms with Crippen LogP contribution in [0, 0.1) is 0 Å². The normalized spacial score (nSPS) is 25.9. The van der Waals surface area contributed by atoms with Gasteiger partial charge in [0.05, 0.1) is 38.0 Å². The molecule has 0 radical (unpaired) electrons. The second-order valence-electron chi connectivity index (χ2n) is 10.4. The summed E-state index contributed by atoms with van der Waals surface area (Å²) in [7, 11) is 1.97. The highest BCUT2D eigenvalue weighted by Crippen LogP contribution is 2.42. The Hall–Kier alpha value is -2.91. The van der Waals surface area contributed by atoms with Crippen molar-refractivity contribution in [2.45, 2.75) is 64.1 Å². The topological polar surface area (TPSA) is 77.7 Å². The summed E-state index contributed by atoms with van der Waals surface area (Å²) in [5, 5.41) is 9.63. The number of carbonyl (C=O) groups excluding carboxylic acids is 1.